The monoisotopic (exact) mass is 502 g/mol. The molecule has 0 saturated heterocycles. The number of aromatic nitrogens is 2. The van der Waals surface area contributed by atoms with Gasteiger partial charge in [0.1, 0.15) is 5.82 Å². The van der Waals surface area contributed by atoms with Crippen molar-refractivity contribution >= 4 is 40.1 Å². The van der Waals surface area contributed by atoms with Crippen molar-refractivity contribution in [3.05, 3.63) is 93.2 Å². The number of methoxy groups -OCH3 is 2. The molecule has 2 heterocycles. The van der Waals surface area contributed by atoms with Gasteiger partial charge in [-0.25, -0.2) is 14.6 Å². The van der Waals surface area contributed by atoms with Gasteiger partial charge in [0.05, 0.1) is 31.7 Å². The number of nitrogens with zero attached hydrogens (tertiary/aromatic N) is 2. The number of fused-ring (bicyclic) bond motifs is 1. The molecule has 0 radical (unpaired) electrons. The molecular formula is C29H30N2O4S. The summed E-state index contributed by atoms with van der Waals surface area (Å²) in [7, 11) is 2.80. The number of hydrogen-bond donors (Lipinski definition) is 0. The number of ether oxygens (including phenoxy) is 2. The normalized spacial score (nSPS) is 11.6. The fraction of sp³-hybridized carbons (Fsp3) is 0.276. The first-order valence-corrected chi connectivity index (χ1v) is 12.9. The molecule has 6 nitrogen and oxygen atoms in total. The van der Waals surface area contributed by atoms with E-state index in [1.54, 1.807) is 11.3 Å². The maximum atomic E-state index is 12.6. The molecule has 0 spiro atoms. The molecule has 186 valence electrons. The largest absolute Gasteiger partial charge is 0.466 e. The molecule has 0 aliphatic heterocycles. The number of benzene rings is 2. The summed E-state index contributed by atoms with van der Waals surface area (Å²) in [5.41, 5.74) is 3.02. The molecule has 0 saturated carbocycles. The van der Waals surface area contributed by atoms with Gasteiger partial charge in [-0.1, -0.05) is 49.7 Å². The van der Waals surface area contributed by atoms with Crippen LogP contribution in [0.5, 0.6) is 0 Å². The molecule has 4 rings (SSSR count). The van der Waals surface area contributed by atoms with Crippen molar-refractivity contribution in [2.24, 2.45) is 0 Å². The third-order valence-corrected chi connectivity index (χ3v) is 7.06. The molecule has 0 amide bonds. The van der Waals surface area contributed by atoms with E-state index in [-0.39, 0.29) is 11.9 Å². The highest BCUT2D eigenvalue weighted by atomic mass is 32.1. The molecule has 2 aromatic carbocycles. The molecular weight excluding hydrogens is 472 g/mol. The molecule has 0 aliphatic carbocycles. The Morgan fingerprint density at radius 1 is 1.03 bits per heavy atom. The number of imidazole rings is 1. The fourth-order valence-corrected chi connectivity index (χ4v) is 5.04. The van der Waals surface area contributed by atoms with E-state index < -0.39 is 0 Å². The van der Waals surface area contributed by atoms with Crippen LogP contribution < -0.4 is 0 Å². The molecule has 4 aromatic rings. The highest BCUT2D eigenvalue weighted by Crippen LogP contribution is 2.26. The zero-order chi connectivity index (χ0) is 25.5. The van der Waals surface area contributed by atoms with Crippen LogP contribution in [-0.4, -0.2) is 35.7 Å². The zero-order valence-corrected chi connectivity index (χ0v) is 21.6. The molecule has 0 atom stereocenters. The van der Waals surface area contributed by atoms with Crippen LogP contribution in [0, 0.1) is 0 Å². The van der Waals surface area contributed by atoms with E-state index >= 15 is 0 Å². The van der Waals surface area contributed by atoms with Gasteiger partial charge in [0.15, 0.2) is 0 Å². The molecule has 7 heteroatoms. The Balaban J connectivity index is 1.79. The SMILES string of the molecule is CCCCc1ncc(/C=C(\Cc2cccs2)C(=O)OC)n1Cc1ccc(C(=O)OC)c2ccccc12. The average molecular weight is 503 g/mol. The summed E-state index contributed by atoms with van der Waals surface area (Å²) in [4.78, 5) is 30.8. The Morgan fingerprint density at radius 2 is 1.83 bits per heavy atom. The van der Waals surface area contributed by atoms with Gasteiger partial charge in [-0.2, -0.15) is 0 Å². The number of unbranched alkanes of at least 4 members (excludes halogenated alkanes) is 1. The number of rotatable bonds is 10. The van der Waals surface area contributed by atoms with Crippen LogP contribution >= 0.6 is 11.3 Å². The molecule has 2 aromatic heterocycles. The van der Waals surface area contributed by atoms with E-state index in [1.165, 1.54) is 14.2 Å². The minimum absolute atomic E-state index is 0.348. The summed E-state index contributed by atoms with van der Waals surface area (Å²) in [6, 6.07) is 15.6. The van der Waals surface area contributed by atoms with Crippen molar-refractivity contribution in [2.75, 3.05) is 14.2 Å². The van der Waals surface area contributed by atoms with Crippen LogP contribution in [-0.2, 0) is 33.7 Å². The second kappa shape index (κ2) is 11.8. The Labute approximate surface area is 215 Å². The Hall–Kier alpha value is -3.71. The number of hydrogen-bond acceptors (Lipinski definition) is 6. The van der Waals surface area contributed by atoms with E-state index in [4.69, 9.17) is 14.5 Å². The first kappa shape index (κ1) is 25.4. The van der Waals surface area contributed by atoms with Crippen molar-refractivity contribution in [2.45, 2.75) is 39.2 Å². The fourth-order valence-electron chi connectivity index (χ4n) is 4.31. The van der Waals surface area contributed by atoms with E-state index in [9.17, 15) is 9.59 Å². The summed E-state index contributed by atoms with van der Waals surface area (Å²) < 4.78 is 12.2. The lowest BCUT2D eigenvalue weighted by Gasteiger charge is -2.15. The average Bonchev–Trinajstić information content (AvgIpc) is 3.56. The highest BCUT2D eigenvalue weighted by Gasteiger charge is 2.17. The third-order valence-electron chi connectivity index (χ3n) is 6.19. The molecule has 0 bridgehead atoms. The van der Waals surface area contributed by atoms with Gasteiger partial charge in [-0.3, -0.25) is 0 Å². The van der Waals surface area contributed by atoms with Crippen molar-refractivity contribution in [1.82, 2.24) is 9.55 Å². The zero-order valence-electron chi connectivity index (χ0n) is 20.8. The van der Waals surface area contributed by atoms with Crippen LogP contribution in [0.25, 0.3) is 16.8 Å². The minimum Gasteiger partial charge on any atom is -0.466 e. The first-order chi connectivity index (χ1) is 17.5. The molecule has 0 unspecified atom stereocenters. The summed E-state index contributed by atoms with van der Waals surface area (Å²) in [5, 5.41) is 3.83. The summed E-state index contributed by atoms with van der Waals surface area (Å²) in [5.74, 6) is 0.257. The highest BCUT2D eigenvalue weighted by molar-refractivity contribution is 7.09. The lowest BCUT2D eigenvalue weighted by Crippen LogP contribution is -2.11. The van der Waals surface area contributed by atoms with Gasteiger partial charge < -0.3 is 14.0 Å². The van der Waals surface area contributed by atoms with Crippen molar-refractivity contribution in [1.29, 1.82) is 0 Å². The van der Waals surface area contributed by atoms with E-state index in [1.807, 2.05) is 66.2 Å². The predicted molar refractivity (Wildman–Crippen MR) is 143 cm³/mol. The second-order valence-electron chi connectivity index (χ2n) is 8.52. The van der Waals surface area contributed by atoms with Gasteiger partial charge in [-0.15, -0.1) is 11.3 Å². The lowest BCUT2D eigenvalue weighted by atomic mass is 9.99. The van der Waals surface area contributed by atoms with Crippen LogP contribution in [0.2, 0.25) is 0 Å². The summed E-state index contributed by atoms with van der Waals surface area (Å²) >= 11 is 1.61. The topological polar surface area (TPSA) is 70.4 Å². The molecule has 0 fully saturated rings. The maximum absolute atomic E-state index is 12.6. The predicted octanol–water partition coefficient (Wildman–Crippen LogP) is 6.07. The van der Waals surface area contributed by atoms with Gasteiger partial charge in [0.2, 0.25) is 0 Å². The van der Waals surface area contributed by atoms with Gasteiger partial charge in [0, 0.05) is 29.8 Å². The number of aryl methyl sites for hydroxylation is 1. The number of carbonyl (C=O) groups excluding carboxylic acids is 2. The van der Waals surface area contributed by atoms with Crippen LogP contribution in [0.15, 0.2) is 65.7 Å². The Morgan fingerprint density at radius 3 is 2.53 bits per heavy atom. The number of carbonyl (C=O) groups is 2. The first-order valence-electron chi connectivity index (χ1n) is 12.0. The van der Waals surface area contributed by atoms with Crippen molar-refractivity contribution < 1.29 is 19.1 Å². The smallest absolute Gasteiger partial charge is 0.338 e. The van der Waals surface area contributed by atoms with Gasteiger partial charge in [0.25, 0.3) is 0 Å². The lowest BCUT2D eigenvalue weighted by molar-refractivity contribution is -0.136. The van der Waals surface area contributed by atoms with E-state index in [0.717, 1.165) is 52.0 Å². The Bertz CT molecular complexity index is 1390. The van der Waals surface area contributed by atoms with Gasteiger partial charge >= 0.3 is 11.9 Å². The third kappa shape index (κ3) is 5.57. The summed E-state index contributed by atoms with van der Waals surface area (Å²) in [6.07, 6.45) is 7.12. The summed E-state index contributed by atoms with van der Waals surface area (Å²) in [6.45, 7) is 2.71. The maximum Gasteiger partial charge on any atom is 0.338 e. The molecule has 0 aliphatic rings. The minimum atomic E-state index is -0.357. The van der Waals surface area contributed by atoms with Crippen molar-refractivity contribution in [3.8, 4) is 0 Å². The van der Waals surface area contributed by atoms with Crippen molar-refractivity contribution in [3.63, 3.8) is 0 Å². The number of esters is 2. The van der Waals surface area contributed by atoms with Crippen LogP contribution in [0.4, 0.5) is 0 Å². The molecule has 36 heavy (non-hydrogen) atoms. The van der Waals surface area contributed by atoms with Gasteiger partial charge in [-0.05, 0) is 46.3 Å². The second-order valence-corrected chi connectivity index (χ2v) is 9.55. The Kier molecular flexibility index (Phi) is 8.33. The van der Waals surface area contributed by atoms with E-state index in [0.29, 0.717) is 24.1 Å². The van der Waals surface area contributed by atoms with Crippen LogP contribution in [0.3, 0.4) is 0 Å². The molecule has 0 N–H and O–H groups in total. The number of thiophene rings is 1. The quantitative estimate of drug-likeness (QED) is 0.194. The standard InChI is InChI=1S/C29H30N2O4S/c1-4-5-12-27-30-18-22(16-21(28(32)34-2)17-23-9-8-15-36-23)31(27)19-20-13-14-26(29(33)35-3)25-11-7-6-10-24(20)25/h6-11,13-16,18H,4-5,12,17,19H2,1-3H3/b21-16+. The van der Waals surface area contributed by atoms with E-state index in [2.05, 4.69) is 11.5 Å². The van der Waals surface area contributed by atoms with Crippen LogP contribution in [0.1, 0.15) is 52.1 Å².